The van der Waals surface area contributed by atoms with E-state index in [1.54, 1.807) is 19.4 Å². The molecule has 5 N–H and O–H groups in total. The molecule has 11 nitrogen and oxygen atoms in total. The molecule has 0 aliphatic carbocycles. The molecule has 0 bridgehead atoms. The van der Waals surface area contributed by atoms with Gasteiger partial charge in [-0.15, -0.1) is 0 Å². The first-order chi connectivity index (χ1) is 14.1. The molecule has 11 heteroatoms. The predicted octanol–water partition coefficient (Wildman–Crippen LogP) is -0.558. The average Bonchev–Trinajstić information content (AvgIpc) is 3.19. The second-order valence-corrected chi connectivity index (χ2v) is 7.02. The minimum Gasteiger partial charge on any atom is -0.490 e. The van der Waals surface area contributed by atoms with Crippen LogP contribution in [0.5, 0.6) is 11.6 Å². The third-order valence-electron chi connectivity index (χ3n) is 4.85. The summed E-state index contributed by atoms with van der Waals surface area (Å²) < 4.78 is 11.4. The Hall–Kier alpha value is -3.04. The summed E-state index contributed by atoms with van der Waals surface area (Å²) in [5.74, 6) is 1.62. The monoisotopic (exact) mass is 398 g/mol. The molecule has 2 aliphatic rings. The molecule has 2 aromatic heterocycles. The van der Waals surface area contributed by atoms with Crippen LogP contribution < -0.4 is 31.0 Å². The number of nitrogens with one attached hydrogen (secondary N) is 4. The predicted molar refractivity (Wildman–Crippen MR) is 102 cm³/mol. The third kappa shape index (κ3) is 4.20. The van der Waals surface area contributed by atoms with Crippen LogP contribution in [-0.4, -0.2) is 58.6 Å². The fourth-order valence-electron chi connectivity index (χ4n) is 3.25. The van der Waals surface area contributed by atoms with Gasteiger partial charge < -0.3 is 25.2 Å². The zero-order valence-corrected chi connectivity index (χ0v) is 15.8. The summed E-state index contributed by atoms with van der Waals surface area (Å²) >= 11 is 0. The Morgan fingerprint density at radius 1 is 1.31 bits per heavy atom. The van der Waals surface area contributed by atoms with Crippen LogP contribution >= 0.6 is 0 Å². The number of anilines is 1. The SMILES string of the molecule is COc1nccc(OCC2(O)CNC2)c1C1CC(Nc2cnc(C#N)cn2)NN1. The summed E-state index contributed by atoms with van der Waals surface area (Å²) in [4.78, 5) is 12.5. The summed E-state index contributed by atoms with van der Waals surface area (Å²) in [6.45, 7) is 1.19. The maximum Gasteiger partial charge on any atom is 0.221 e. The maximum atomic E-state index is 10.3. The van der Waals surface area contributed by atoms with Gasteiger partial charge in [0.25, 0.3) is 0 Å². The zero-order valence-electron chi connectivity index (χ0n) is 15.8. The van der Waals surface area contributed by atoms with E-state index >= 15 is 0 Å². The molecule has 2 fully saturated rings. The lowest BCUT2D eigenvalue weighted by molar-refractivity contribution is -0.0459. The van der Waals surface area contributed by atoms with Crippen LogP contribution in [0.25, 0.3) is 0 Å². The van der Waals surface area contributed by atoms with Crippen molar-refractivity contribution in [1.29, 1.82) is 5.26 Å². The molecule has 2 saturated heterocycles. The molecule has 4 heterocycles. The largest absolute Gasteiger partial charge is 0.490 e. The Morgan fingerprint density at radius 3 is 2.83 bits per heavy atom. The molecular formula is C18H22N8O3. The highest BCUT2D eigenvalue weighted by Crippen LogP contribution is 2.36. The molecule has 4 rings (SSSR count). The summed E-state index contributed by atoms with van der Waals surface area (Å²) in [5, 5.41) is 25.4. The fourth-order valence-corrected chi connectivity index (χ4v) is 3.25. The normalized spacial score (nSPS) is 22.4. The van der Waals surface area contributed by atoms with Crippen molar-refractivity contribution in [1.82, 2.24) is 31.1 Å². The van der Waals surface area contributed by atoms with E-state index < -0.39 is 5.60 Å². The van der Waals surface area contributed by atoms with Gasteiger partial charge in [-0.3, -0.25) is 0 Å². The summed E-state index contributed by atoms with van der Waals surface area (Å²) in [6.07, 6.45) is 5.05. The quantitative estimate of drug-likeness (QED) is 0.408. The first-order valence-electron chi connectivity index (χ1n) is 9.19. The van der Waals surface area contributed by atoms with E-state index in [1.165, 1.54) is 12.4 Å². The second-order valence-electron chi connectivity index (χ2n) is 7.02. The van der Waals surface area contributed by atoms with E-state index in [0.29, 0.717) is 37.0 Å². The zero-order chi connectivity index (χ0) is 20.3. The van der Waals surface area contributed by atoms with E-state index in [4.69, 9.17) is 14.7 Å². The van der Waals surface area contributed by atoms with Crippen LogP contribution in [0.2, 0.25) is 0 Å². The van der Waals surface area contributed by atoms with E-state index in [0.717, 1.165) is 5.56 Å². The van der Waals surface area contributed by atoms with Crippen molar-refractivity contribution >= 4 is 5.82 Å². The highest BCUT2D eigenvalue weighted by molar-refractivity contribution is 5.43. The van der Waals surface area contributed by atoms with Crippen LogP contribution in [0, 0.1) is 11.3 Å². The molecule has 0 aromatic carbocycles. The molecule has 2 atom stereocenters. The van der Waals surface area contributed by atoms with Gasteiger partial charge in [-0.2, -0.15) is 5.26 Å². The number of pyridine rings is 1. The van der Waals surface area contributed by atoms with Crippen LogP contribution in [-0.2, 0) is 0 Å². The summed E-state index contributed by atoms with van der Waals surface area (Å²) in [5.41, 5.74) is 6.56. The molecule has 0 saturated carbocycles. The van der Waals surface area contributed by atoms with E-state index in [9.17, 15) is 5.11 Å². The molecule has 2 unspecified atom stereocenters. The Kier molecular flexibility index (Phi) is 5.41. The minimum atomic E-state index is -0.854. The Balaban J connectivity index is 1.46. The van der Waals surface area contributed by atoms with Gasteiger partial charge in [-0.05, 0) is 6.07 Å². The van der Waals surface area contributed by atoms with Crippen molar-refractivity contribution < 1.29 is 14.6 Å². The fraction of sp³-hybridized carbons (Fsp3) is 0.444. The van der Waals surface area contributed by atoms with Crippen molar-refractivity contribution in [3.63, 3.8) is 0 Å². The van der Waals surface area contributed by atoms with Crippen LogP contribution in [0.4, 0.5) is 5.82 Å². The first kappa shape index (κ1) is 19.3. The number of hydrogen-bond donors (Lipinski definition) is 5. The van der Waals surface area contributed by atoms with Crippen molar-refractivity contribution in [2.45, 2.75) is 24.2 Å². The van der Waals surface area contributed by atoms with Crippen molar-refractivity contribution in [2.24, 2.45) is 0 Å². The van der Waals surface area contributed by atoms with Gasteiger partial charge in [0, 0.05) is 25.7 Å². The van der Waals surface area contributed by atoms with E-state index in [-0.39, 0.29) is 24.5 Å². The maximum absolute atomic E-state index is 10.3. The van der Waals surface area contributed by atoms with E-state index in [2.05, 4.69) is 36.4 Å². The number of nitriles is 1. The van der Waals surface area contributed by atoms with Gasteiger partial charge in [0.1, 0.15) is 29.8 Å². The molecule has 29 heavy (non-hydrogen) atoms. The van der Waals surface area contributed by atoms with Gasteiger partial charge in [-0.1, -0.05) is 0 Å². The molecular weight excluding hydrogens is 376 g/mol. The Bertz CT molecular complexity index is 897. The first-order valence-corrected chi connectivity index (χ1v) is 9.19. The molecule has 0 amide bonds. The Labute approximate surface area is 167 Å². The van der Waals surface area contributed by atoms with Crippen molar-refractivity contribution in [2.75, 3.05) is 32.1 Å². The van der Waals surface area contributed by atoms with Gasteiger partial charge in [0.2, 0.25) is 5.88 Å². The molecule has 0 radical (unpaired) electrons. The smallest absolute Gasteiger partial charge is 0.221 e. The van der Waals surface area contributed by atoms with Crippen molar-refractivity contribution in [3.05, 3.63) is 35.9 Å². The molecule has 152 valence electrons. The minimum absolute atomic E-state index is 0.139. The van der Waals surface area contributed by atoms with Crippen LogP contribution in [0.3, 0.4) is 0 Å². The summed E-state index contributed by atoms with van der Waals surface area (Å²) in [6, 6.07) is 3.56. The number of methoxy groups -OCH3 is 1. The second kappa shape index (κ2) is 8.14. The van der Waals surface area contributed by atoms with Gasteiger partial charge in [0.05, 0.1) is 37.3 Å². The van der Waals surface area contributed by atoms with Gasteiger partial charge >= 0.3 is 0 Å². The molecule has 0 spiro atoms. The number of hydrogen-bond acceptors (Lipinski definition) is 11. The average molecular weight is 398 g/mol. The lowest BCUT2D eigenvalue weighted by Gasteiger charge is -2.37. The number of aromatic nitrogens is 3. The number of nitrogens with zero attached hydrogens (tertiary/aromatic N) is 4. The highest BCUT2D eigenvalue weighted by Gasteiger charge is 2.36. The Morgan fingerprint density at radius 2 is 2.17 bits per heavy atom. The molecule has 2 aliphatic heterocycles. The number of ether oxygens (including phenoxy) is 2. The highest BCUT2D eigenvalue weighted by atomic mass is 16.5. The number of hydrazine groups is 1. The lowest BCUT2D eigenvalue weighted by atomic mass is 9.98. The third-order valence-corrected chi connectivity index (χ3v) is 4.85. The number of β-amino-alcohol motifs (C(OH)–C–C–N with tert-alkyl or cyclic N) is 1. The van der Waals surface area contributed by atoms with E-state index in [1.807, 2.05) is 6.07 Å². The van der Waals surface area contributed by atoms with Gasteiger partial charge in [0.15, 0.2) is 5.69 Å². The standard InChI is InChI=1S/C18H22N8O3/c1-28-17-16(13(2-3-21-17)29-10-18(27)8-20-9-18)12-4-14(26-25-12)24-15-7-22-11(5-19)6-23-15/h2-3,6-7,12,14,20,25-27H,4,8-10H2,1H3,(H,23,24). The van der Waals surface area contributed by atoms with Crippen LogP contribution in [0.1, 0.15) is 23.7 Å². The van der Waals surface area contributed by atoms with Crippen molar-refractivity contribution in [3.8, 4) is 17.7 Å². The van der Waals surface area contributed by atoms with Crippen LogP contribution in [0.15, 0.2) is 24.7 Å². The van der Waals surface area contributed by atoms with Gasteiger partial charge in [-0.25, -0.2) is 25.8 Å². The number of aliphatic hydroxyl groups is 1. The summed E-state index contributed by atoms with van der Waals surface area (Å²) in [7, 11) is 1.56. The lowest BCUT2D eigenvalue weighted by Crippen LogP contribution is -2.62. The molecule has 2 aromatic rings. The topological polar surface area (TPSA) is 149 Å². The number of rotatable bonds is 7.